The number of nitrogens with one attached hydrogen (secondary N) is 2. The van der Waals surface area contributed by atoms with Crippen LogP contribution in [-0.2, 0) is 21.5 Å². The number of benzene rings is 1. The summed E-state index contributed by atoms with van der Waals surface area (Å²) in [6.07, 6.45) is 3.15. The maximum Gasteiger partial charge on any atom is 0.325 e. The molecule has 6 heteroatoms. The molecule has 0 bridgehead atoms. The van der Waals surface area contributed by atoms with Crippen molar-refractivity contribution in [3.05, 3.63) is 35.4 Å². The van der Waals surface area contributed by atoms with E-state index in [9.17, 15) is 14.4 Å². The number of nitrogens with zero attached hydrogens (tertiary/aromatic N) is 1. The number of urea groups is 1. The number of hydrogen-bond acceptors (Lipinski definition) is 3. The maximum absolute atomic E-state index is 12.8. The third kappa shape index (κ3) is 2.58. The Balaban J connectivity index is 1.75. The average molecular weight is 315 g/mol. The highest BCUT2D eigenvalue weighted by Crippen LogP contribution is 2.41. The first-order valence-electron chi connectivity index (χ1n) is 8.07. The van der Waals surface area contributed by atoms with Gasteiger partial charge in [0.05, 0.1) is 0 Å². The summed E-state index contributed by atoms with van der Waals surface area (Å²) in [7, 11) is 0. The fraction of sp³-hybridized carbons (Fsp3) is 0.471. The molecule has 1 aliphatic heterocycles. The second-order valence-corrected chi connectivity index (χ2v) is 6.09. The summed E-state index contributed by atoms with van der Waals surface area (Å²) < 4.78 is 0. The maximum atomic E-state index is 12.8. The van der Waals surface area contributed by atoms with Crippen molar-refractivity contribution in [1.29, 1.82) is 0 Å². The van der Waals surface area contributed by atoms with Gasteiger partial charge in [0, 0.05) is 6.54 Å². The van der Waals surface area contributed by atoms with Crippen LogP contribution in [-0.4, -0.2) is 35.8 Å². The number of amides is 4. The van der Waals surface area contributed by atoms with Crippen molar-refractivity contribution in [2.45, 2.75) is 38.1 Å². The molecule has 1 aliphatic carbocycles. The Morgan fingerprint density at radius 3 is 2.91 bits per heavy atom. The minimum absolute atomic E-state index is 0.224. The van der Waals surface area contributed by atoms with Gasteiger partial charge in [0.15, 0.2) is 0 Å². The molecule has 1 saturated heterocycles. The SMILES string of the molecule is CCCCNC(=O)CN1C(=O)NC2(CCc3ccccc32)C1=O. The number of carbonyl (C=O) groups is 3. The van der Waals surface area contributed by atoms with Crippen molar-refractivity contribution >= 4 is 17.8 Å². The molecule has 3 rings (SSSR count). The van der Waals surface area contributed by atoms with Crippen LogP contribution in [0.2, 0.25) is 0 Å². The Hall–Kier alpha value is -2.37. The van der Waals surface area contributed by atoms with Crippen LogP contribution in [0.3, 0.4) is 0 Å². The Kier molecular flexibility index (Phi) is 4.07. The van der Waals surface area contributed by atoms with Crippen molar-refractivity contribution in [2.75, 3.05) is 13.1 Å². The smallest absolute Gasteiger partial charge is 0.325 e. The minimum Gasteiger partial charge on any atom is -0.355 e. The quantitative estimate of drug-likeness (QED) is 0.635. The highest BCUT2D eigenvalue weighted by Gasteiger charge is 2.55. The molecule has 2 aliphatic rings. The Labute approximate surface area is 135 Å². The lowest BCUT2D eigenvalue weighted by Gasteiger charge is -2.22. The van der Waals surface area contributed by atoms with Crippen LogP contribution in [0.25, 0.3) is 0 Å². The van der Waals surface area contributed by atoms with Gasteiger partial charge in [-0.2, -0.15) is 0 Å². The second-order valence-electron chi connectivity index (χ2n) is 6.09. The van der Waals surface area contributed by atoms with Crippen LogP contribution in [0, 0.1) is 0 Å². The molecule has 0 radical (unpaired) electrons. The van der Waals surface area contributed by atoms with Crippen LogP contribution >= 0.6 is 0 Å². The van der Waals surface area contributed by atoms with Crippen LogP contribution in [0.15, 0.2) is 24.3 Å². The summed E-state index contributed by atoms with van der Waals surface area (Å²) >= 11 is 0. The van der Waals surface area contributed by atoms with Gasteiger partial charge in [-0.3, -0.25) is 14.5 Å². The summed E-state index contributed by atoms with van der Waals surface area (Å²) in [6, 6.07) is 7.16. The molecule has 122 valence electrons. The molecule has 1 aromatic rings. The van der Waals surface area contributed by atoms with E-state index in [2.05, 4.69) is 10.6 Å². The number of aryl methyl sites for hydroxylation is 1. The lowest BCUT2D eigenvalue weighted by molar-refractivity contribution is -0.135. The van der Waals surface area contributed by atoms with Crippen molar-refractivity contribution in [3.63, 3.8) is 0 Å². The monoisotopic (exact) mass is 315 g/mol. The van der Waals surface area contributed by atoms with E-state index in [0.717, 1.165) is 35.3 Å². The fourth-order valence-corrected chi connectivity index (χ4v) is 3.34. The number of unbranched alkanes of at least 4 members (excludes halogenated alkanes) is 1. The van der Waals surface area contributed by atoms with Crippen LogP contribution in [0.1, 0.15) is 37.3 Å². The molecule has 4 amide bonds. The van der Waals surface area contributed by atoms with Crippen molar-refractivity contribution in [2.24, 2.45) is 0 Å². The lowest BCUT2D eigenvalue weighted by Crippen LogP contribution is -2.44. The highest BCUT2D eigenvalue weighted by molar-refractivity contribution is 6.09. The van der Waals surface area contributed by atoms with E-state index in [1.807, 2.05) is 31.2 Å². The first kappa shape index (κ1) is 15.5. The van der Waals surface area contributed by atoms with Crippen LogP contribution < -0.4 is 10.6 Å². The lowest BCUT2D eigenvalue weighted by atomic mass is 9.92. The van der Waals surface area contributed by atoms with E-state index in [0.29, 0.717) is 13.0 Å². The Morgan fingerprint density at radius 2 is 2.13 bits per heavy atom. The van der Waals surface area contributed by atoms with E-state index in [1.165, 1.54) is 0 Å². The molecule has 1 atom stereocenters. The molecular weight excluding hydrogens is 294 g/mol. The molecule has 1 heterocycles. The largest absolute Gasteiger partial charge is 0.355 e. The first-order valence-corrected chi connectivity index (χ1v) is 8.07. The molecule has 1 unspecified atom stereocenters. The molecule has 0 aromatic heterocycles. The van der Waals surface area contributed by atoms with Crippen LogP contribution in [0.5, 0.6) is 0 Å². The molecule has 1 spiro atoms. The van der Waals surface area contributed by atoms with Gasteiger partial charge >= 0.3 is 6.03 Å². The third-order valence-electron chi connectivity index (χ3n) is 4.58. The van der Waals surface area contributed by atoms with E-state index >= 15 is 0 Å². The summed E-state index contributed by atoms with van der Waals surface area (Å²) in [5.41, 5.74) is 0.944. The van der Waals surface area contributed by atoms with Crippen molar-refractivity contribution in [1.82, 2.24) is 15.5 Å². The summed E-state index contributed by atoms with van der Waals surface area (Å²) in [5.74, 6) is -0.622. The van der Waals surface area contributed by atoms with Gasteiger partial charge in [0.25, 0.3) is 5.91 Å². The number of fused-ring (bicyclic) bond motifs is 2. The minimum atomic E-state index is -0.989. The van der Waals surface area contributed by atoms with Gasteiger partial charge < -0.3 is 10.6 Å². The zero-order valence-electron chi connectivity index (χ0n) is 13.2. The van der Waals surface area contributed by atoms with Crippen molar-refractivity contribution in [3.8, 4) is 0 Å². The van der Waals surface area contributed by atoms with E-state index < -0.39 is 11.6 Å². The summed E-state index contributed by atoms with van der Waals surface area (Å²) in [4.78, 5) is 38.0. The number of carbonyl (C=O) groups excluding carboxylic acids is 3. The van der Waals surface area contributed by atoms with Gasteiger partial charge in [-0.1, -0.05) is 37.6 Å². The van der Waals surface area contributed by atoms with E-state index in [-0.39, 0.29) is 18.4 Å². The third-order valence-corrected chi connectivity index (χ3v) is 4.58. The van der Waals surface area contributed by atoms with Gasteiger partial charge in [0.2, 0.25) is 5.91 Å². The summed E-state index contributed by atoms with van der Waals surface area (Å²) in [5, 5.41) is 5.55. The number of imide groups is 1. The van der Waals surface area contributed by atoms with E-state index in [1.54, 1.807) is 0 Å². The van der Waals surface area contributed by atoms with E-state index in [4.69, 9.17) is 0 Å². The van der Waals surface area contributed by atoms with Gasteiger partial charge in [-0.05, 0) is 30.4 Å². The van der Waals surface area contributed by atoms with Gasteiger partial charge in [-0.25, -0.2) is 4.79 Å². The predicted molar refractivity (Wildman–Crippen MR) is 84.6 cm³/mol. The molecule has 6 nitrogen and oxygen atoms in total. The zero-order chi connectivity index (χ0) is 16.4. The molecule has 1 aromatic carbocycles. The second kappa shape index (κ2) is 6.02. The van der Waals surface area contributed by atoms with Crippen molar-refractivity contribution < 1.29 is 14.4 Å². The normalized spacial score (nSPS) is 22.4. The first-order chi connectivity index (χ1) is 11.1. The highest BCUT2D eigenvalue weighted by atomic mass is 16.2. The van der Waals surface area contributed by atoms with Gasteiger partial charge in [0.1, 0.15) is 12.1 Å². The Bertz CT molecular complexity index is 658. The molecule has 1 fully saturated rings. The fourth-order valence-electron chi connectivity index (χ4n) is 3.34. The Morgan fingerprint density at radius 1 is 1.35 bits per heavy atom. The standard InChI is InChI=1S/C17H21N3O3/c1-2-3-10-18-14(21)11-20-15(22)17(19-16(20)23)9-8-12-6-4-5-7-13(12)17/h4-7H,2-3,8-11H2,1H3,(H,18,21)(H,19,23). The molecular formula is C17H21N3O3. The number of hydrogen-bond donors (Lipinski definition) is 2. The zero-order valence-corrected chi connectivity index (χ0v) is 13.2. The molecule has 0 saturated carbocycles. The summed E-state index contributed by atoms with van der Waals surface area (Å²) in [6.45, 7) is 2.37. The molecule has 23 heavy (non-hydrogen) atoms. The topological polar surface area (TPSA) is 78.5 Å². The number of rotatable bonds is 5. The van der Waals surface area contributed by atoms with Gasteiger partial charge in [-0.15, -0.1) is 0 Å². The molecule has 2 N–H and O–H groups in total. The van der Waals surface area contributed by atoms with Crippen LogP contribution in [0.4, 0.5) is 4.79 Å². The predicted octanol–water partition coefficient (Wildman–Crippen LogP) is 1.30. The average Bonchev–Trinajstić information content (AvgIpc) is 3.02.